The molecule has 0 saturated heterocycles. The molecular formula is C13H24O2S. The third-order valence-electron chi connectivity index (χ3n) is 5.12. The molecule has 2 nitrogen and oxygen atoms in total. The molecule has 0 aromatic carbocycles. The largest absolute Gasteiger partial charge is 0.228 e. The lowest BCUT2D eigenvalue weighted by Gasteiger charge is -2.47. The molecule has 2 bridgehead atoms. The first-order chi connectivity index (χ1) is 7.11. The molecule has 3 aliphatic rings. The Morgan fingerprint density at radius 3 is 2.12 bits per heavy atom. The second-order valence-corrected chi connectivity index (χ2v) is 9.49. The summed E-state index contributed by atoms with van der Waals surface area (Å²) in [6, 6.07) is 0. The first-order valence-electron chi connectivity index (χ1n) is 6.33. The minimum absolute atomic E-state index is 0.239. The van der Waals surface area contributed by atoms with Crippen LogP contribution < -0.4 is 0 Å². The van der Waals surface area contributed by atoms with Crippen LogP contribution in [0.2, 0.25) is 0 Å². The van der Waals surface area contributed by atoms with Crippen LogP contribution in [0.25, 0.3) is 0 Å². The zero-order valence-corrected chi connectivity index (χ0v) is 11.9. The molecule has 0 spiro atoms. The number of sulfone groups is 1. The van der Waals surface area contributed by atoms with Gasteiger partial charge in [0.05, 0.1) is 10.5 Å². The van der Waals surface area contributed by atoms with Crippen molar-refractivity contribution in [3.8, 4) is 0 Å². The van der Waals surface area contributed by atoms with Crippen molar-refractivity contribution in [2.45, 2.75) is 52.2 Å². The molecule has 16 heavy (non-hydrogen) atoms. The summed E-state index contributed by atoms with van der Waals surface area (Å²) < 4.78 is 24.5. The van der Waals surface area contributed by atoms with Gasteiger partial charge >= 0.3 is 0 Å². The predicted octanol–water partition coefficient (Wildman–Crippen LogP) is 2.88. The Morgan fingerprint density at radius 2 is 1.81 bits per heavy atom. The fourth-order valence-corrected chi connectivity index (χ4v) is 6.55. The van der Waals surface area contributed by atoms with Crippen LogP contribution >= 0.6 is 0 Å². The monoisotopic (exact) mass is 244 g/mol. The molecule has 0 N–H and O–H groups in total. The van der Waals surface area contributed by atoms with Gasteiger partial charge in [-0.25, -0.2) is 8.42 Å². The van der Waals surface area contributed by atoms with Crippen molar-refractivity contribution in [2.24, 2.45) is 23.2 Å². The maximum Gasteiger partial charge on any atom is 0.156 e. The van der Waals surface area contributed by atoms with Crippen LogP contribution in [0.1, 0.15) is 47.5 Å². The van der Waals surface area contributed by atoms with E-state index in [0.29, 0.717) is 17.6 Å². The highest BCUT2D eigenvalue weighted by Crippen LogP contribution is 2.68. The van der Waals surface area contributed by atoms with Crippen LogP contribution in [0.4, 0.5) is 0 Å². The topological polar surface area (TPSA) is 34.1 Å². The van der Waals surface area contributed by atoms with Gasteiger partial charge in [-0.3, -0.25) is 0 Å². The van der Waals surface area contributed by atoms with E-state index in [1.807, 2.05) is 20.8 Å². The van der Waals surface area contributed by atoms with Crippen LogP contribution in [0, 0.1) is 23.2 Å². The van der Waals surface area contributed by atoms with Gasteiger partial charge in [-0.2, -0.15) is 0 Å². The third-order valence-corrected chi connectivity index (χ3v) is 8.10. The highest BCUT2D eigenvalue weighted by Gasteiger charge is 2.68. The van der Waals surface area contributed by atoms with Crippen molar-refractivity contribution in [3.63, 3.8) is 0 Å². The SMILES string of the molecule is CC(C)CS(=O)(=O)C1(C)C[C@H]2CC1C2(C)C. The molecule has 3 heteroatoms. The average Bonchev–Trinajstić information content (AvgIpc) is 2.53. The lowest BCUT2D eigenvalue weighted by molar-refractivity contribution is 0.0446. The standard InChI is InChI=1S/C13H24O2S/c1-9(2)8-16(14,15)13(5)7-10-6-11(13)12(10,3)4/h9-11H,6-8H2,1-5H3/t10-,11?,13?/m1/s1. The summed E-state index contributed by atoms with van der Waals surface area (Å²) >= 11 is 0. The Morgan fingerprint density at radius 1 is 1.25 bits per heavy atom. The Kier molecular flexibility index (Phi) is 2.52. The van der Waals surface area contributed by atoms with E-state index in [4.69, 9.17) is 0 Å². The highest BCUT2D eigenvalue weighted by atomic mass is 32.2. The zero-order chi connectivity index (χ0) is 12.4. The van der Waals surface area contributed by atoms with E-state index in [0.717, 1.165) is 12.8 Å². The molecule has 3 fully saturated rings. The van der Waals surface area contributed by atoms with E-state index in [-0.39, 0.29) is 11.3 Å². The lowest BCUT2D eigenvalue weighted by Crippen LogP contribution is -2.47. The van der Waals surface area contributed by atoms with Crippen LogP contribution in [-0.4, -0.2) is 18.9 Å². The van der Waals surface area contributed by atoms with Gasteiger partial charge in [-0.05, 0) is 42.9 Å². The van der Waals surface area contributed by atoms with Gasteiger partial charge in [0, 0.05) is 0 Å². The Bertz CT molecular complexity index is 394. The Labute approximate surface area is 99.7 Å². The molecule has 0 aromatic heterocycles. The molecule has 3 aliphatic carbocycles. The van der Waals surface area contributed by atoms with Crippen LogP contribution in [0.3, 0.4) is 0 Å². The van der Waals surface area contributed by atoms with Crippen LogP contribution in [0.5, 0.6) is 0 Å². The minimum Gasteiger partial charge on any atom is -0.228 e. The summed E-state index contributed by atoms with van der Waals surface area (Å²) in [6.07, 6.45) is 2.01. The Hall–Kier alpha value is -0.0500. The molecule has 0 heterocycles. The van der Waals surface area contributed by atoms with Crippen molar-refractivity contribution in [2.75, 3.05) is 5.75 Å². The fraction of sp³-hybridized carbons (Fsp3) is 1.00. The van der Waals surface area contributed by atoms with Gasteiger partial charge < -0.3 is 0 Å². The van der Waals surface area contributed by atoms with Crippen molar-refractivity contribution in [1.82, 2.24) is 0 Å². The maximum atomic E-state index is 12.5. The highest BCUT2D eigenvalue weighted by molar-refractivity contribution is 7.92. The molecule has 0 aliphatic heterocycles. The lowest BCUT2D eigenvalue weighted by atomic mass is 9.60. The number of hydrogen-bond donors (Lipinski definition) is 0. The number of rotatable bonds is 3. The first kappa shape index (κ1) is 12.4. The van der Waals surface area contributed by atoms with Crippen LogP contribution in [-0.2, 0) is 9.84 Å². The Balaban J connectivity index is 2.29. The summed E-state index contributed by atoms with van der Waals surface area (Å²) in [5.41, 5.74) is 0.249. The van der Waals surface area contributed by atoms with Gasteiger partial charge in [-0.1, -0.05) is 27.7 Å². The van der Waals surface area contributed by atoms with Gasteiger partial charge in [0.2, 0.25) is 0 Å². The molecule has 0 aromatic rings. The zero-order valence-electron chi connectivity index (χ0n) is 11.1. The van der Waals surface area contributed by atoms with Crippen molar-refractivity contribution >= 4 is 9.84 Å². The van der Waals surface area contributed by atoms with E-state index >= 15 is 0 Å². The number of hydrogen-bond acceptors (Lipinski definition) is 2. The van der Waals surface area contributed by atoms with E-state index in [1.54, 1.807) is 0 Å². The minimum atomic E-state index is -2.94. The number of fused-ring (bicyclic) bond motifs is 1. The molecule has 0 radical (unpaired) electrons. The van der Waals surface area contributed by atoms with Crippen molar-refractivity contribution in [3.05, 3.63) is 0 Å². The molecule has 3 saturated carbocycles. The van der Waals surface area contributed by atoms with Gasteiger partial charge in [0.25, 0.3) is 0 Å². The second kappa shape index (κ2) is 3.24. The maximum absolute atomic E-state index is 12.5. The van der Waals surface area contributed by atoms with Gasteiger partial charge in [0.1, 0.15) is 0 Å². The summed E-state index contributed by atoms with van der Waals surface area (Å²) in [6.45, 7) is 10.4. The molecule has 0 amide bonds. The summed E-state index contributed by atoms with van der Waals surface area (Å²) in [4.78, 5) is 0. The first-order valence-corrected chi connectivity index (χ1v) is 7.99. The van der Waals surface area contributed by atoms with E-state index < -0.39 is 14.6 Å². The summed E-state index contributed by atoms with van der Waals surface area (Å²) in [7, 11) is -2.94. The molecule has 2 unspecified atom stereocenters. The summed E-state index contributed by atoms with van der Waals surface area (Å²) in [5.74, 6) is 1.60. The van der Waals surface area contributed by atoms with E-state index in [9.17, 15) is 8.42 Å². The van der Waals surface area contributed by atoms with Crippen molar-refractivity contribution < 1.29 is 8.42 Å². The van der Waals surface area contributed by atoms with Gasteiger partial charge in [0.15, 0.2) is 9.84 Å². The van der Waals surface area contributed by atoms with Crippen LogP contribution in [0.15, 0.2) is 0 Å². The predicted molar refractivity (Wildman–Crippen MR) is 67.0 cm³/mol. The second-order valence-electron chi connectivity index (χ2n) is 7.00. The molecule has 3 atom stereocenters. The summed E-state index contributed by atoms with van der Waals surface area (Å²) in [5, 5.41) is 0. The normalized spacial score (nSPS) is 41.1. The van der Waals surface area contributed by atoms with Crippen molar-refractivity contribution in [1.29, 1.82) is 0 Å². The van der Waals surface area contributed by atoms with E-state index in [2.05, 4.69) is 13.8 Å². The molecular weight excluding hydrogens is 220 g/mol. The smallest absolute Gasteiger partial charge is 0.156 e. The third kappa shape index (κ3) is 1.40. The molecule has 94 valence electrons. The average molecular weight is 244 g/mol. The quantitative estimate of drug-likeness (QED) is 0.765. The van der Waals surface area contributed by atoms with Gasteiger partial charge in [-0.15, -0.1) is 0 Å². The molecule has 3 rings (SSSR count). The fourth-order valence-electron chi connectivity index (χ4n) is 4.00. The van der Waals surface area contributed by atoms with E-state index in [1.165, 1.54) is 0 Å².